The zero-order valence-corrected chi connectivity index (χ0v) is 20.6. The predicted molar refractivity (Wildman–Crippen MR) is 138 cm³/mol. The molecule has 1 aliphatic carbocycles. The molecule has 2 atom stereocenters. The van der Waals surface area contributed by atoms with E-state index in [9.17, 15) is 10.1 Å². The van der Waals surface area contributed by atoms with E-state index in [1.165, 1.54) is 12.0 Å². The number of rotatable bonds is 7. The fourth-order valence-corrected chi connectivity index (χ4v) is 5.62. The van der Waals surface area contributed by atoms with Crippen LogP contribution in [0.5, 0.6) is 0 Å². The maximum absolute atomic E-state index is 12.5. The maximum Gasteiger partial charge on any atom is 0.227 e. The van der Waals surface area contributed by atoms with Crippen molar-refractivity contribution < 1.29 is 4.79 Å². The topological polar surface area (TPSA) is 68.5 Å². The maximum atomic E-state index is 12.5. The molecule has 1 saturated carbocycles. The third-order valence-corrected chi connectivity index (χ3v) is 7.68. The van der Waals surface area contributed by atoms with Gasteiger partial charge in [0, 0.05) is 37.3 Å². The van der Waals surface area contributed by atoms with E-state index in [-0.39, 0.29) is 5.91 Å². The number of nitrogens with one attached hydrogen (secondary N) is 1. The van der Waals surface area contributed by atoms with Gasteiger partial charge in [-0.3, -0.25) is 9.79 Å². The lowest BCUT2D eigenvalue weighted by molar-refractivity contribution is -0.131. The first-order chi connectivity index (χ1) is 16.1. The molecule has 0 aromatic carbocycles. The molecule has 2 aliphatic heterocycles. The first-order valence-corrected chi connectivity index (χ1v) is 12.5. The Labute approximate surface area is 201 Å². The minimum absolute atomic E-state index is 0.159. The molecule has 174 valence electrons. The van der Waals surface area contributed by atoms with Gasteiger partial charge in [-0.05, 0) is 55.1 Å². The Morgan fingerprint density at radius 2 is 2.24 bits per heavy atom. The van der Waals surface area contributed by atoms with Crippen LogP contribution >= 0.6 is 11.3 Å². The second-order valence-corrected chi connectivity index (χ2v) is 9.65. The van der Waals surface area contributed by atoms with Gasteiger partial charge >= 0.3 is 0 Å². The van der Waals surface area contributed by atoms with Crippen LogP contribution in [-0.4, -0.2) is 30.6 Å². The van der Waals surface area contributed by atoms with Gasteiger partial charge in [-0.2, -0.15) is 5.26 Å². The highest BCUT2D eigenvalue weighted by atomic mass is 32.1. The Morgan fingerprint density at radius 1 is 1.42 bits per heavy atom. The number of hydrogen-bond acceptors (Lipinski definition) is 5. The van der Waals surface area contributed by atoms with Crippen molar-refractivity contribution in [2.24, 2.45) is 16.8 Å². The first kappa shape index (κ1) is 24.7. The van der Waals surface area contributed by atoms with Gasteiger partial charge in [-0.1, -0.05) is 37.3 Å². The van der Waals surface area contributed by atoms with Crippen LogP contribution in [0.25, 0.3) is 0 Å². The van der Waals surface area contributed by atoms with Crippen molar-refractivity contribution >= 4 is 28.5 Å². The summed E-state index contributed by atoms with van der Waals surface area (Å²) in [6.45, 7) is 11.0. The van der Waals surface area contributed by atoms with E-state index < -0.39 is 0 Å². The van der Waals surface area contributed by atoms with Crippen molar-refractivity contribution in [1.82, 2.24) is 4.90 Å². The third-order valence-electron chi connectivity index (χ3n) is 6.44. The normalized spacial score (nSPS) is 21.1. The van der Waals surface area contributed by atoms with Crippen molar-refractivity contribution in [1.29, 1.82) is 5.26 Å². The minimum atomic E-state index is 0.159. The number of thiophene rings is 1. The van der Waals surface area contributed by atoms with E-state index in [0.717, 1.165) is 64.1 Å². The van der Waals surface area contributed by atoms with E-state index in [4.69, 9.17) is 0 Å². The number of fused-ring (bicyclic) bond motifs is 1. The molecule has 1 aromatic rings. The molecule has 0 spiro atoms. The summed E-state index contributed by atoms with van der Waals surface area (Å²) in [6, 6.07) is 2.28. The number of nitriles is 1. The number of carbonyl (C=O) groups excluding carboxylic acids is 1. The summed E-state index contributed by atoms with van der Waals surface area (Å²) < 4.78 is 0. The van der Waals surface area contributed by atoms with Crippen molar-refractivity contribution in [3.63, 3.8) is 0 Å². The number of nitrogens with zero attached hydrogens (tertiary/aromatic N) is 3. The fraction of sp³-hybridized carbons (Fsp3) is 0.444. The third kappa shape index (κ3) is 6.11. The predicted octanol–water partition coefficient (Wildman–Crippen LogP) is 6.02. The monoisotopic (exact) mass is 462 g/mol. The number of carbonyl (C=O) groups is 1. The van der Waals surface area contributed by atoms with Crippen molar-refractivity contribution in [3.8, 4) is 6.07 Å². The molecule has 1 amide bonds. The number of anilines is 1. The summed E-state index contributed by atoms with van der Waals surface area (Å²) in [5, 5.41) is 13.3. The van der Waals surface area contributed by atoms with E-state index in [2.05, 4.69) is 48.6 Å². The molecule has 3 heterocycles. The number of amides is 1. The highest BCUT2D eigenvalue weighted by Gasteiger charge is 2.35. The molecule has 2 unspecified atom stereocenters. The van der Waals surface area contributed by atoms with Crippen LogP contribution in [0.2, 0.25) is 0 Å². The number of aliphatic imine (C=N–C) groups is 1. The smallest absolute Gasteiger partial charge is 0.227 e. The zero-order chi connectivity index (χ0) is 23.8. The van der Waals surface area contributed by atoms with Crippen molar-refractivity contribution in [2.75, 3.05) is 18.9 Å². The summed E-state index contributed by atoms with van der Waals surface area (Å²) in [5.74, 6) is 1.70. The Hall–Kier alpha value is -2.91. The average Bonchev–Trinajstić information content (AvgIpc) is 3.54. The fourth-order valence-electron chi connectivity index (χ4n) is 4.45. The lowest BCUT2D eigenvalue weighted by Gasteiger charge is -2.27. The molecule has 1 N–H and O–H groups in total. The van der Waals surface area contributed by atoms with Crippen LogP contribution in [0.4, 0.5) is 5.00 Å². The van der Waals surface area contributed by atoms with Crippen LogP contribution in [0, 0.1) is 23.2 Å². The van der Waals surface area contributed by atoms with Gasteiger partial charge in [0.1, 0.15) is 11.1 Å². The molecule has 1 fully saturated rings. The molecule has 6 heteroatoms. The summed E-state index contributed by atoms with van der Waals surface area (Å²) in [5.41, 5.74) is 4.50. The van der Waals surface area contributed by atoms with Gasteiger partial charge in [0.05, 0.1) is 12.1 Å². The molecule has 0 saturated heterocycles. The second kappa shape index (κ2) is 11.8. The minimum Gasteiger partial charge on any atom is -0.379 e. The Morgan fingerprint density at radius 3 is 2.82 bits per heavy atom. The zero-order valence-electron chi connectivity index (χ0n) is 19.8. The van der Waals surface area contributed by atoms with Crippen LogP contribution < -0.4 is 5.32 Å². The molecule has 33 heavy (non-hydrogen) atoms. The summed E-state index contributed by atoms with van der Waals surface area (Å²) in [4.78, 5) is 19.6. The van der Waals surface area contributed by atoms with E-state index in [1.807, 2.05) is 30.4 Å². The van der Waals surface area contributed by atoms with Crippen LogP contribution in [0.1, 0.15) is 55.0 Å². The largest absolute Gasteiger partial charge is 0.379 e. The van der Waals surface area contributed by atoms with Crippen LogP contribution in [0.3, 0.4) is 0 Å². The van der Waals surface area contributed by atoms with E-state index >= 15 is 0 Å². The Kier molecular flexibility index (Phi) is 8.85. The first-order valence-electron chi connectivity index (χ1n) is 11.7. The standard InChI is InChI=1S/C16H18N4OS.C11H16/c1-18-16-13(8-17)12-4-6-20(10-14(12)22-16)15(21)7-11-3-2-5-19-9-11;1-4-7-9(5-2)11-8-10(11)6-3/h5,9,18H,2-4,6-7,10H2,1H3;4,6-7,10-11H,1,3,5,8H2,2H3/b;9-7+. The van der Waals surface area contributed by atoms with Crippen molar-refractivity contribution in [2.45, 2.75) is 52.0 Å². The molecule has 4 rings (SSSR count). The number of hydrogen-bond donors (Lipinski definition) is 1. The lowest BCUT2D eigenvalue weighted by atomic mass is 10.0. The summed E-state index contributed by atoms with van der Waals surface area (Å²) in [6.07, 6.45) is 15.3. The van der Waals surface area contributed by atoms with E-state index in [1.54, 1.807) is 11.3 Å². The quantitative estimate of drug-likeness (QED) is 0.398. The Bertz CT molecular complexity index is 1020. The SMILES string of the molecule is C=C/C=C(\CC)C1CC1C=C.CNc1sc2c(c1C#N)CCN(C(=O)CC1=CN=CCC1)C2. The molecule has 0 radical (unpaired) electrons. The van der Waals surface area contributed by atoms with Gasteiger partial charge in [0.25, 0.3) is 0 Å². The van der Waals surface area contributed by atoms with Gasteiger partial charge < -0.3 is 10.2 Å². The molecular weight excluding hydrogens is 428 g/mol. The molecule has 1 aromatic heterocycles. The van der Waals surface area contributed by atoms with Crippen LogP contribution in [-0.2, 0) is 17.8 Å². The Balaban J connectivity index is 0.000000235. The molecule has 5 nitrogen and oxygen atoms in total. The van der Waals surface area contributed by atoms with Gasteiger partial charge in [0.2, 0.25) is 5.91 Å². The average molecular weight is 463 g/mol. The van der Waals surface area contributed by atoms with Gasteiger partial charge in [0.15, 0.2) is 0 Å². The molecule has 3 aliphatic rings. The van der Waals surface area contributed by atoms with Gasteiger partial charge in [-0.25, -0.2) is 0 Å². The second-order valence-electron chi connectivity index (χ2n) is 8.54. The molecular formula is C27H34N4OS. The van der Waals surface area contributed by atoms with E-state index in [0.29, 0.717) is 19.5 Å². The van der Waals surface area contributed by atoms with Gasteiger partial charge in [-0.15, -0.1) is 17.9 Å². The van der Waals surface area contributed by atoms with Crippen molar-refractivity contribution in [3.05, 3.63) is 64.7 Å². The van der Waals surface area contributed by atoms with Crippen LogP contribution in [0.15, 0.2) is 53.7 Å². The highest BCUT2D eigenvalue weighted by molar-refractivity contribution is 7.16. The molecule has 0 bridgehead atoms. The summed E-state index contributed by atoms with van der Waals surface area (Å²) in [7, 11) is 1.83. The number of allylic oxidation sites excluding steroid dienone is 4. The lowest BCUT2D eigenvalue weighted by Crippen LogP contribution is -2.35. The highest BCUT2D eigenvalue weighted by Crippen LogP contribution is 2.45. The summed E-state index contributed by atoms with van der Waals surface area (Å²) >= 11 is 1.59.